The van der Waals surface area contributed by atoms with Gasteiger partial charge in [-0.2, -0.15) is 15.3 Å². The Morgan fingerprint density at radius 3 is 3.00 bits per heavy atom. The number of urea groups is 1. The monoisotopic (exact) mass is 338 g/mol. The predicted octanol–water partition coefficient (Wildman–Crippen LogP) is 2.05. The SMILES string of the molecule is Cn1cc(-c2cc3c(nn2)CCN(C(=O)NC2CC=CCC2)C3)cn1. The molecule has 2 aromatic rings. The quantitative estimate of drug-likeness (QED) is 0.851. The minimum absolute atomic E-state index is 0.0192. The molecule has 0 fully saturated rings. The van der Waals surface area contributed by atoms with Crippen LogP contribution in [0, 0.1) is 0 Å². The fraction of sp³-hybridized carbons (Fsp3) is 0.444. The lowest BCUT2D eigenvalue weighted by molar-refractivity contribution is 0.186. The van der Waals surface area contributed by atoms with Crippen LogP contribution >= 0.6 is 0 Å². The molecule has 0 spiro atoms. The van der Waals surface area contributed by atoms with Crippen molar-refractivity contribution in [1.29, 1.82) is 0 Å². The average Bonchev–Trinajstić information content (AvgIpc) is 3.08. The third-order valence-corrected chi connectivity index (χ3v) is 4.82. The number of allylic oxidation sites excluding steroid dienone is 1. The molecule has 1 aliphatic carbocycles. The number of aryl methyl sites for hydroxylation is 1. The third-order valence-electron chi connectivity index (χ3n) is 4.82. The summed E-state index contributed by atoms with van der Waals surface area (Å²) < 4.78 is 1.74. The Balaban J connectivity index is 1.47. The Hall–Kier alpha value is -2.70. The van der Waals surface area contributed by atoms with Crippen LogP contribution in [0.2, 0.25) is 0 Å². The molecular formula is C18H22N6O. The maximum atomic E-state index is 12.6. The molecule has 2 amide bonds. The zero-order valence-electron chi connectivity index (χ0n) is 14.4. The highest BCUT2D eigenvalue weighted by Gasteiger charge is 2.24. The van der Waals surface area contributed by atoms with E-state index in [0.717, 1.165) is 48.2 Å². The van der Waals surface area contributed by atoms with Gasteiger partial charge in [-0.25, -0.2) is 4.79 Å². The first kappa shape index (κ1) is 15.8. The normalized spacial score (nSPS) is 19.6. The number of nitrogens with one attached hydrogen (secondary N) is 1. The molecule has 2 aromatic heterocycles. The zero-order valence-corrected chi connectivity index (χ0v) is 14.4. The van der Waals surface area contributed by atoms with Crippen LogP contribution in [0.25, 0.3) is 11.3 Å². The van der Waals surface area contributed by atoms with E-state index in [9.17, 15) is 4.79 Å². The number of rotatable bonds is 2. The second-order valence-corrected chi connectivity index (χ2v) is 6.71. The Bertz CT molecular complexity index is 812. The summed E-state index contributed by atoms with van der Waals surface area (Å²) in [6, 6.07) is 2.30. The van der Waals surface area contributed by atoms with Crippen LogP contribution in [0.1, 0.15) is 30.5 Å². The van der Waals surface area contributed by atoms with Crippen LogP contribution in [-0.4, -0.2) is 43.5 Å². The molecule has 1 atom stereocenters. The molecule has 1 unspecified atom stereocenters. The van der Waals surface area contributed by atoms with Crippen molar-refractivity contribution in [2.75, 3.05) is 6.54 Å². The van der Waals surface area contributed by atoms with E-state index in [2.05, 4.69) is 32.8 Å². The molecule has 0 radical (unpaired) electrons. The van der Waals surface area contributed by atoms with Crippen molar-refractivity contribution in [1.82, 2.24) is 30.2 Å². The molecule has 7 nitrogen and oxygen atoms in total. The van der Waals surface area contributed by atoms with Gasteiger partial charge in [0.05, 0.1) is 17.6 Å². The topological polar surface area (TPSA) is 75.9 Å². The van der Waals surface area contributed by atoms with Crippen LogP contribution in [-0.2, 0) is 20.0 Å². The smallest absolute Gasteiger partial charge is 0.317 e. The summed E-state index contributed by atoms with van der Waals surface area (Å²) in [7, 11) is 1.88. The summed E-state index contributed by atoms with van der Waals surface area (Å²) >= 11 is 0. The number of carbonyl (C=O) groups excluding carboxylic acids is 1. The minimum atomic E-state index is 0.0192. The average molecular weight is 338 g/mol. The molecular weight excluding hydrogens is 316 g/mol. The summed E-state index contributed by atoms with van der Waals surface area (Å²) in [6.45, 7) is 1.26. The second-order valence-electron chi connectivity index (χ2n) is 6.71. The van der Waals surface area contributed by atoms with Gasteiger partial charge in [0.25, 0.3) is 0 Å². The zero-order chi connectivity index (χ0) is 17.2. The van der Waals surface area contributed by atoms with Gasteiger partial charge in [0.2, 0.25) is 0 Å². The lowest BCUT2D eigenvalue weighted by Gasteiger charge is -2.30. The van der Waals surface area contributed by atoms with Gasteiger partial charge in [-0.15, -0.1) is 0 Å². The first-order valence-electron chi connectivity index (χ1n) is 8.74. The highest BCUT2D eigenvalue weighted by Crippen LogP contribution is 2.22. The van der Waals surface area contributed by atoms with Gasteiger partial charge in [0, 0.05) is 44.4 Å². The van der Waals surface area contributed by atoms with Crippen molar-refractivity contribution in [2.45, 2.75) is 38.3 Å². The molecule has 1 N–H and O–H groups in total. The lowest BCUT2D eigenvalue weighted by atomic mass is 10.0. The molecule has 0 aromatic carbocycles. The molecule has 0 bridgehead atoms. The van der Waals surface area contributed by atoms with E-state index in [0.29, 0.717) is 13.1 Å². The first-order valence-corrected chi connectivity index (χ1v) is 8.74. The molecule has 2 aliphatic rings. The number of amides is 2. The molecule has 130 valence electrons. The van der Waals surface area contributed by atoms with Gasteiger partial charge in [-0.1, -0.05) is 12.2 Å². The highest BCUT2D eigenvalue weighted by molar-refractivity contribution is 5.75. The van der Waals surface area contributed by atoms with E-state index in [4.69, 9.17) is 0 Å². The van der Waals surface area contributed by atoms with E-state index >= 15 is 0 Å². The molecule has 0 saturated carbocycles. The molecule has 3 heterocycles. The van der Waals surface area contributed by atoms with E-state index < -0.39 is 0 Å². The Kier molecular flexibility index (Phi) is 4.21. The number of fused-ring (bicyclic) bond motifs is 1. The van der Waals surface area contributed by atoms with Gasteiger partial charge in [0.1, 0.15) is 0 Å². The van der Waals surface area contributed by atoms with Crippen molar-refractivity contribution in [3.8, 4) is 11.3 Å². The minimum Gasteiger partial charge on any atom is -0.335 e. The van der Waals surface area contributed by atoms with Gasteiger partial charge >= 0.3 is 6.03 Å². The van der Waals surface area contributed by atoms with Crippen LogP contribution in [0.5, 0.6) is 0 Å². The number of hydrogen-bond donors (Lipinski definition) is 1. The first-order chi connectivity index (χ1) is 12.2. The third kappa shape index (κ3) is 3.40. The number of nitrogens with zero attached hydrogens (tertiary/aromatic N) is 5. The van der Waals surface area contributed by atoms with E-state index in [1.165, 1.54) is 0 Å². The van der Waals surface area contributed by atoms with Crippen LogP contribution in [0.3, 0.4) is 0 Å². The van der Waals surface area contributed by atoms with Crippen molar-refractivity contribution in [3.63, 3.8) is 0 Å². The Morgan fingerprint density at radius 1 is 1.32 bits per heavy atom. The fourth-order valence-corrected chi connectivity index (χ4v) is 3.39. The molecule has 25 heavy (non-hydrogen) atoms. The summed E-state index contributed by atoms with van der Waals surface area (Å²) in [6.07, 6.45) is 11.7. The van der Waals surface area contributed by atoms with Crippen molar-refractivity contribution >= 4 is 6.03 Å². The number of hydrogen-bond acceptors (Lipinski definition) is 4. The van der Waals surface area contributed by atoms with Crippen LogP contribution < -0.4 is 5.32 Å². The highest BCUT2D eigenvalue weighted by atomic mass is 16.2. The standard InChI is InChI=1S/C18H22N6O/c1-23-11-14(10-19-23)17-9-13-12-24(8-7-16(13)21-22-17)18(25)20-15-5-3-2-4-6-15/h2-3,9-11,15H,4-8,12H2,1H3,(H,20,25). The Labute approximate surface area is 146 Å². The van der Waals surface area contributed by atoms with Gasteiger partial charge in [-0.3, -0.25) is 4.68 Å². The molecule has 1 aliphatic heterocycles. The van der Waals surface area contributed by atoms with E-state index in [-0.39, 0.29) is 12.1 Å². The maximum absolute atomic E-state index is 12.6. The summed E-state index contributed by atoms with van der Waals surface area (Å²) in [5.74, 6) is 0. The second kappa shape index (κ2) is 6.66. The molecule has 0 saturated heterocycles. The maximum Gasteiger partial charge on any atom is 0.317 e. The molecule has 7 heteroatoms. The lowest BCUT2D eigenvalue weighted by Crippen LogP contribution is -2.47. The number of aromatic nitrogens is 4. The van der Waals surface area contributed by atoms with Gasteiger partial charge in [-0.05, 0) is 30.9 Å². The van der Waals surface area contributed by atoms with Gasteiger partial charge < -0.3 is 10.2 Å². The largest absolute Gasteiger partial charge is 0.335 e. The van der Waals surface area contributed by atoms with Gasteiger partial charge in [0.15, 0.2) is 0 Å². The summed E-state index contributed by atoms with van der Waals surface area (Å²) in [5, 5.41) is 16.0. The van der Waals surface area contributed by atoms with Crippen molar-refractivity contribution < 1.29 is 4.79 Å². The van der Waals surface area contributed by atoms with Crippen molar-refractivity contribution in [2.24, 2.45) is 7.05 Å². The Morgan fingerprint density at radius 2 is 2.24 bits per heavy atom. The summed E-state index contributed by atoms with van der Waals surface area (Å²) in [5.41, 5.74) is 3.79. The van der Waals surface area contributed by atoms with E-state index in [1.807, 2.05) is 24.2 Å². The van der Waals surface area contributed by atoms with E-state index in [1.54, 1.807) is 10.9 Å². The van der Waals surface area contributed by atoms with Crippen LogP contribution in [0.15, 0.2) is 30.6 Å². The number of carbonyl (C=O) groups is 1. The van der Waals surface area contributed by atoms with Crippen LogP contribution in [0.4, 0.5) is 4.79 Å². The predicted molar refractivity (Wildman–Crippen MR) is 93.7 cm³/mol. The molecule has 4 rings (SSSR count). The van der Waals surface area contributed by atoms with Crippen molar-refractivity contribution in [3.05, 3.63) is 41.9 Å². The fourth-order valence-electron chi connectivity index (χ4n) is 3.39. The summed E-state index contributed by atoms with van der Waals surface area (Å²) in [4.78, 5) is 14.4.